The fraction of sp³-hybridized carbons (Fsp3) is 0.632. The van der Waals surface area contributed by atoms with E-state index >= 15 is 0 Å². The van der Waals surface area contributed by atoms with E-state index in [1.807, 2.05) is 6.92 Å². The molecule has 1 N–H and O–H groups in total. The SMILES string of the molecule is CC[C@@H]1CNCCN1C(=O)OCc1cc(OCC2CCC2)ccc1F. The van der Waals surface area contributed by atoms with E-state index < -0.39 is 0 Å². The molecule has 0 radical (unpaired) electrons. The highest BCUT2D eigenvalue weighted by Gasteiger charge is 2.26. The summed E-state index contributed by atoms with van der Waals surface area (Å²) in [6, 6.07) is 4.76. The number of nitrogens with zero attached hydrogens (tertiary/aromatic N) is 1. The van der Waals surface area contributed by atoms with Crippen LogP contribution in [0.25, 0.3) is 0 Å². The zero-order valence-corrected chi connectivity index (χ0v) is 14.8. The number of carbonyl (C=O) groups excluding carboxylic acids is 1. The Bertz CT molecular complexity index is 592. The predicted octanol–water partition coefficient (Wildman–Crippen LogP) is 3.33. The third-order valence-corrected chi connectivity index (χ3v) is 5.13. The Morgan fingerprint density at radius 3 is 2.96 bits per heavy atom. The second-order valence-corrected chi connectivity index (χ2v) is 6.88. The minimum atomic E-state index is -0.381. The maximum absolute atomic E-state index is 14.0. The van der Waals surface area contributed by atoms with Crippen molar-refractivity contribution >= 4 is 6.09 Å². The van der Waals surface area contributed by atoms with E-state index in [9.17, 15) is 9.18 Å². The van der Waals surface area contributed by atoms with Crippen LogP contribution >= 0.6 is 0 Å². The molecular formula is C19H27FN2O3. The van der Waals surface area contributed by atoms with Crippen LogP contribution < -0.4 is 10.1 Å². The van der Waals surface area contributed by atoms with Gasteiger partial charge in [-0.3, -0.25) is 0 Å². The number of halogens is 1. The van der Waals surface area contributed by atoms with Gasteiger partial charge in [0.05, 0.1) is 6.61 Å². The maximum atomic E-state index is 14.0. The molecule has 1 saturated carbocycles. The maximum Gasteiger partial charge on any atom is 0.410 e. The summed E-state index contributed by atoms with van der Waals surface area (Å²) in [7, 11) is 0. The fourth-order valence-electron chi connectivity index (χ4n) is 3.21. The molecule has 2 fully saturated rings. The molecule has 0 spiro atoms. The monoisotopic (exact) mass is 350 g/mol. The zero-order valence-electron chi connectivity index (χ0n) is 14.8. The van der Waals surface area contributed by atoms with Gasteiger partial charge in [-0.25, -0.2) is 9.18 Å². The number of carbonyl (C=O) groups is 1. The van der Waals surface area contributed by atoms with Crippen molar-refractivity contribution in [1.29, 1.82) is 0 Å². The van der Waals surface area contributed by atoms with Crippen molar-refractivity contribution in [1.82, 2.24) is 10.2 Å². The summed E-state index contributed by atoms with van der Waals surface area (Å²) in [5.74, 6) is 0.870. The first-order valence-electron chi connectivity index (χ1n) is 9.22. The summed E-state index contributed by atoms with van der Waals surface area (Å²) < 4.78 is 25.1. The Labute approximate surface area is 148 Å². The highest BCUT2D eigenvalue weighted by molar-refractivity contribution is 5.68. The lowest BCUT2D eigenvalue weighted by atomic mass is 9.86. The summed E-state index contributed by atoms with van der Waals surface area (Å²) in [6.45, 7) is 4.77. The molecule has 2 aliphatic rings. The molecule has 6 heteroatoms. The molecule has 1 saturated heterocycles. The molecule has 1 atom stereocenters. The minimum Gasteiger partial charge on any atom is -0.493 e. The van der Waals surface area contributed by atoms with Crippen molar-refractivity contribution in [2.75, 3.05) is 26.2 Å². The van der Waals surface area contributed by atoms with Crippen molar-refractivity contribution < 1.29 is 18.7 Å². The number of benzene rings is 1. The minimum absolute atomic E-state index is 0.0777. The molecule has 0 aromatic heterocycles. The van der Waals surface area contributed by atoms with Gasteiger partial charge in [0.2, 0.25) is 0 Å². The van der Waals surface area contributed by atoms with Crippen molar-refractivity contribution in [3.63, 3.8) is 0 Å². The summed E-state index contributed by atoms with van der Waals surface area (Å²) in [5.41, 5.74) is 0.350. The summed E-state index contributed by atoms with van der Waals surface area (Å²) in [5, 5.41) is 3.27. The molecule has 1 heterocycles. The van der Waals surface area contributed by atoms with Gasteiger partial charge in [0.15, 0.2) is 0 Å². The number of nitrogens with one attached hydrogen (secondary N) is 1. The topological polar surface area (TPSA) is 50.8 Å². The molecule has 1 amide bonds. The lowest BCUT2D eigenvalue weighted by Crippen LogP contribution is -2.53. The number of hydrogen-bond donors (Lipinski definition) is 1. The van der Waals surface area contributed by atoms with Gasteiger partial charge in [0.1, 0.15) is 18.2 Å². The van der Waals surface area contributed by atoms with Crippen LogP contribution in [0.1, 0.15) is 38.2 Å². The first kappa shape index (κ1) is 18.0. The first-order chi connectivity index (χ1) is 12.2. The molecular weight excluding hydrogens is 323 g/mol. The molecule has 138 valence electrons. The average Bonchev–Trinajstić information content (AvgIpc) is 2.60. The van der Waals surface area contributed by atoms with Crippen LogP contribution in [0.15, 0.2) is 18.2 Å². The van der Waals surface area contributed by atoms with Gasteiger partial charge < -0.3 is 19.7 Å². The molecule has 0 bridgehead atoms. The lowest BCUT2D eigenvalue weighted by molar-refractivity contribution is 0.0705. The third kappa shape index (κ3) is 4.63. The molecule has 1 aromatic carbocycles. The normalized spacial score (nSPS) is 20.9. The number of rotatable bonds is 6. The van der Waals surface area contributed by atoms with Gasteiger partial charge in [0, 0.05) is 31.2 Å². The largest absolute Gasteiger partial charge is 0.493 e. The molecule has 0 unspecified atom stereocenters. The molecule has 1 aliphatic heterocycles. The third-order valence-electron chi connectivity index (χ3n) is 5.13. The van der Waals surface area contributed by atoms with Gasteiger partial charge in [-0.15, -0.1) is 0 Å². The van der Waals surface area contributed by atoms with Crippen molar-refractivity contribution in [2.24, 2.45) is 5.92 Å². The molecule has 5 nitrogen and oxygen atoms in total. The van der Waals surface area contributed by atoms with Crippen molar-refractivity contribution in [3.8, 4) is 5.75 Å². The number of ether oxygens (including phenoxy) is 2. The molecule has 1 aliphatic carbocycles. The van der Waals surface area contributed by atoms with Crippen molar-refractivity contribution in [3.05, 3.63) is 29.6 Å². The lowest BCUT2D eigenvalue weighted by Gasteiger charge is -2.34. The van der Waals surface area contributed by atoms with Gasteiger partial charge in [-0.2, -0.15) is 0 Å². The van der Waals surface area contributed by atoms with Crippen LogP contribution in [-0.2, 0) is 11.3 Å². The van der Waals surface area contributed by atoms with E-state index in [2.05, 4.69) is 5.32 Å². The van der Waals surface area contributed by atoms with E-state index in [0.29, 0.717) is 30.4 Å². The predicted molar refractivity (Wildman–Crippen MR) is 93.1 cm³/mol. The Balaban J connectivity index is 1.54. The second kappa shape index (κ2) is 8.52. The summed E-state index contributed by atoms with van der Waals surface area (Å²) >= 11 is 0. The van der Waals surface area contributed by atoms with Gasteiger partial charge in [-0.1, -0.05) is 13.3 Å². The summed E-state index contributed by atoms with van der Waals surface area (Å²) in [4.78, 5) is 14.0. The fourth-order valence-corrected chi connectivity index (χ4v) is 3.21. The van der Waals surface area contributed by atoms with E-state index in [4.69, 9.17) is 9.47 Å². The van der Waals surface area contributed by atoms with Crippen LogP contribution in [0, 0.1) is 11.7 Å². The molecule has 25 heavy (non-hydrogen) atoms. The van der Waals surface area contributed by atoms with E-state index in [0.717, 1.165) is 19.5 Å². The van der Waals surface area contributed by atoms with Gasteiger partial charge in [-0.05, 0) is 43.4 Å². The Hall–Kier alpha value is -1.82. The Morgan fingerprint density at radius 1 is 1.40 bits per heavy atom. The average molecular weight is 350 g/mol. The number of hydrogen-bond acceptors (Lipinski definition) is 4. The van der Waals surface area contributed by atoms with E-state index in [-0.39, 0.29) is 24.6 Å². The van der Waals surface area contributed by atoms with E-state index in [1.54, 1.807) is 17.0 Å². The van der Waals surface area contributed by atoms with E-state index in [1.165, 1.54) is 25.3 Å². The quantitative estimate of drug-likeness (QED) is 0.855. The Kier molecular flexibility index (Phi) is 6.13. The Morgan fingerprint density at radius 2 is 2.24 bits per heavy atom. The standard InChI is InChI=1S/C19H27FN2O3/c1-2-16-11-21-8-9-22(16)19(23)25-13-15-10-17(6-7-18(15)20)24-12-14-4-3-5-14/h6-7,10,14,16,21H,2-5,8-9,11-13H2,1H3/t16-/m1/s1. The smallest absolute Gasteiger partial charge is 0.410 e. The molecule has 3 rings (SSSR count). The number of piperazine rings is 1. The van der Waals surface area contributed by atoms with Gasteiger partial charge >= 0.3 is 6.09 Å². The van der Waals surface area contributed by atoms with Crippen LogP contribution in [0.4, 0.5) is 9.18 Å². The van der Waals surface area contributed by atoms with Crippen LogP contribution in [0.3, 0.4) is 0 Å². The first-order valence-corrected chi connectivity index (χ1v) is 9.22. The van der Waals surface area contributed by atoms with Crippen LogP contribution in [0.2, 0.25) is 0 Å². The summed E-state index contributed by atoms with van der Waals surface area (Å²) in [6.07, 6.45) is 4.16. The highest BCUT2D eigenvalue weighted by Crippen LogP contribution is 2.27. The van der Waals surface area contributed by atoms with Crippen molar-refractivity contribution in [2.45, 2.75) is 45.3 Å². The highest BCUT2D eigenvalue weighted by atomic mass is 19.1. The van der Waals surface area contributed by atoms with Crippen LogP contribution in [0.5, 0.6) is 5.75 Å². The number of amides is 1. The second-order valence-electron chi connectivity index (χ2n) is 6.88. The van der Waals surface area contributed by atoms with Gasteiger partial charge in [0.25, 0.3) is 0 Å². The zero-order chi connectivity index (χ0) is 17.6. The molecule has 1 aromatic rings. The van der Waals surface area contributed by atoms with Crippen LogP contribution in [-0.4, -0.2) is 43.3 Å².